The molecule has 5 rings (SSSR count). The van der Waals surface area contributed by atoms with E-state index in [4.69, 9.17) is 4.74 Å². The number of methoxy groups -OCH3 is 1. The minimum absolute atomic E-state index is 0. The molecule has 1 aromatic carbocycles. The molecule has 0 unspecified atom stereocenters. The van der Waals surface area contributed by atoms with Crippen LogP contribution in [-0.4, -0.2) is 24.7 Å². The summed E-state index contributed by atoms with van der Waals surface area (Å²) in [5, 5.41) is 5.64. The number of fused-ring (bicyclic) bond motifs is 1. The van der Waals surface area contributed by atoms with Gasteiger partial charge in [0.05, 0.1) is 24.3 Å². The molecule has 0 N–H and O–H groups in total. The molecule has 0 spiro atoms. The van der Waals surface area contributed by atoms with E-state index in [1.165, 1.54) is 53.7 Å². The zero-order chi connectivity index (χ0) is 24.7. The highest BCUT2D eigenvalue weighted by molar-refractivity contribution is 8.08. The van der Waals surface area contributed by atoms with Gasteiger partial charge in [-0.1, -0.05) is 23.1 Å². The summed E-state index contributed by atoms with van der Waals surface area (Å²) in [5.74, 6) is -0.629. The van der Waals surface area contributed by atoms with E-state index in [2.05, 4.69) is 4.57 Å². The van der Waals surface area contributed by atoms with Crippen molar-refractivity contribution in [2.45, 2.75) is 24.9 Å². The van der Waals surface area contributed by atoms with Gasteiger partial charge in [-0.05, 0) is 36.6 Å². The Morgan fingerprint density at radius 2 is 2.03 bits per heavy atom. The molecule has 0 saturated heterocycles. The smallest absolute Gasteiger partial charge is 0.348 e. The second-order valence-corrected chi connectivity index (χ2v) is 11.6. The van der Waals surface area contributed by atoms with Gasteiger partial charge in [0.1, 0.15) is 24.9 Å². The van der Waals surface area contributed by atoms with Crippen LogP contribution in [0.5, 0.6) is 0 Å². The molecule has 0 bridgehead atoms. The SMILES string of the molecule is CCn1c(=O)/c(=C2\Sc3cc(F)ccc3N2C)s/c1=C\c1scc[n+]1Cc1ccsc1C(=O)OC.[Cl-]. The average Bonchev–Trinajstić information content (AvgIpc) is 3.61. The molecular formula is C24H21ClFN3O3S4. The van der Waals surface area contributed by atoms with Crippen molar-refractivity contribution in [3.63, 3.8) is 0 Å². The molecular weight excluding hydrogens is 561 g/mol. The summed E-state index contributed by atoms with van der Waals surface area (Å²) in [6.07, 6.45) is 3.99. The molecule has 4 heterocycles. The van der Waals surface area contributed by atoms with Gasteiger partial charge >= 0.3 is 5.97 Å². The number of benzene rings is 1. The maximum absolute atomic E-state index is 13.8. The fourth-order valence-electron chi connectivity index (χ4n) is 3.88. The topological polar surface area (TPSA) is 55.4 Å². The van der Waals surface area contributed by atoms with Gasteiger partial charge in [0.25, 0.3) is 10.6 Å². The van der Waals surface area contributed by atoms with E-state index in [9.17, 15) is 14.0 Å². The number of hydrogen-bond donors (Lipinski definition) is 0. The van der Waals surface area contributed by atoms with E-state index in [1.807, 2.05) is 48.0 Å². The first-order chi connectivity index (χ1) is 16.9. The minimum Gasteiger partial charge on any atom is -1.00 e. The average molecular weight is 582 g/mol. The first-order valence-corrected chi connectivity index (χ1v) is 14.1. The third kappa shape index (κ3) is 4.78. The van der Waals surface area contributed by atoms with Crippen molar-refractivity contribution in [1.29, 1.82) is 0 Å². The number of thiophene rings is 1. The maximum Gasteiger partial charge on any atom is 0.348 e. The molecule has 188 valence electrons. The van der Waals surface area contributed by atoms with Crippen LogP contribution >= 0.6 is 45.8 Å². The van der Waals surface area contributed by atoms with Crippen LogP contribution in [0, 0.1) is 5.82 Å². The molecule has 6 nitrogen and oxygen atoms in total. The molecule has 0 fully saturated rings. The highest BCUT2D eigenvalue weighted by Crippen LogP contribution is 2.45. The predicted molar refractivity (Wildman–Crippen MR) is 140 cm³/mol. The van der Waals surface area contributed by atoms with E-state index in [0.717, 1.165) is 30.8 Å². The van der Waals surface area contributed by atoms with Crippen molar-refractivity contribution in [3.8, 4) is 0 Å². The first kappa shape index (κ1) is 26.6. The van der Waals surface area contributed by atoms with Gasteiger partial charge in [-0.25, -0.2) is 9.18 Å². The Morgan fingerprint density at radius 1 is 1.22 bits per heavy atom. The lowest BCUT2D eigenvalue weighted by Gasteiger charge is -2.12. The van der Waals surface area contributed by atoms with Crippen molar-refractivity contribution < 1.29 is 30.9 Å². The Labute approximate surface area is 229 Å². The fraction of sp³-hybridized carbons (Fsp3) is 0.208. The number of hydrogen-bond acceptors (Lipinski definition) is 8. The highest BCUT2D eigenvalue weighted by atomic mass is 35.5. The van der Waals surface area contributed by atoms with Crippen LogP contribution in [0.15, 0.2) is 50.9 Å². The van der Waals surface area contributed by atoms with E-state index in [1.54, 1.807) is 22.0 Å². The fourth-order valence-corrected chi connectivity index (χ4v) is 8.05. The molecule has 0 aliphatic carbocycles. The molecule has 0 radical (unpaired) electrons. The van der Waals surface area contributed by atoms with Gasteiger partial charge in [-0.3, -0.25) is 9.36 Å². The number of thioether (sulfide) groups is 1. The lowest BCUT2D eigenvalue weighted by molar-refractivity contribution is -0.685. The van der Waals surface area contributed by atoms with Crippen molar-refractivity contribution in [2.75, 3.05) is 19.1 Å². The summed E-state index contributed by atoms with van der Waals surface area (Å²) < 4.78 is 24.0. The summed E-state index contributed by atoms with van der Waals surface area (Å²) in [6, 6.07) is 6.61. The van der Waals surface area contributed by atoms with Crippen molar-refractivity contribution in [2.24, 2.45) is 0 Å². The molecule has 0 atom stereocenters. The molecule has 1 aliphatic rings. The van der Waals surface area contributed by atoms with Gasteiger partial charge < -0.3 is 22.0 Å². The highest BCUT2D eigenvalue weighted by Gasteiger charge is 2.25. The number of thiazole rings is 2. The van der Waals surface area contributed by atoms with Gasteiger partial charge in [-0.15, -0.1) is 22.7 Å². The third-order valence-electron chi connectivity index (χ3n) is 5.63. The Balaban J connectivity index is 0.00000304. The lowest BCUT2D eigenvalue weighted by Crippen LogP contribution is -3.00. The number of carbonyl (C=O) groups is 1. The first-order valence-electron chi connectivity index (χ1n) is 10.7. The largest absolute Gasteiger partial charge is 1.00 e. The zero-order valence-electron chi connectivity index (χ0n) is 19.5. The molecule has 0 amide bonds. The van der Waals surface area contributed by atoms with E-state index < -0.39 is 0 Å². The molecule has 1 aliphatic heterocycles. The van der Waals surface area contributed by atoms with Crippen molar-refractivity contribution >= 4 is 68.5 Å². The van der Waals surface area contributed by atoms with Crippen LogP contribution in [0.4, 0.5) is 10.1 Å². The number of anilines is 1. The Morgan fingerprint density at radius 3 is 2.78 bits per heavy atom. The molecule has 12 heteroatoms. The van der Waals surface area contributed by atoms with E-state index in [-0.39, 0.29) is 29.8 Å². The van der Waals surface area contributed by atoms with Gasteiger partial charge in [0.15, 0.2) is 12.7 Å². The zero-order valence-corrected chi connectivity index (χ0v) is 23.5. The summed E-state index contributed by atoms with van der Waals surface area (Å²) in [6.45, 7) is 3.01. The summed E-state index contributed by atoms with van der Waals surface area (Å²) in [5.41, 5.74) is 1.73. The van der Waals surface area contributed by atoms with Crippen LogP contribution in [0.25, 0.3) is 11.1 Å². The number of rotatable bonds is 5. The van der Waals surface area contributed by atoms with Crippen LogP contribution in [0.3, 0.4) is 0 Å². The Kier molecular flexibility index (Phi) is 8.06. The number of carbonyl (C=O) groups excluding carboxylic acids is 1. The molecule has 0 saturated carbocycles. The quantitative estimate of drug-likeness (QED) is 0.253. The number of esters is 1. The molecule has 36 heavy (non-hydrogen) atoms. The van der Waals surface area contributed by atoms with E-state index >= 15 is 0 Å². The maximum atomic E-state index is 13.8. The third-order valence-corrected chi connectivity index (χ3v) is 9.89. The molecule has 3 aromatic heterocycles. The second kappa shape index (κ2) is 10.9. The monoisotopic (exact) mass is 581 g/mol. The summed E-state index contributed by atoms with van der Waals surface area (Å²) in [4.78, 5) is 28.8. The van der Waals surface area contributed by atoms with Crippen molar-refractivity contribution in [1.82, 2.24) is 4.57 Å². The summed E-state index contributed by atoms with van der Waals surface area (Å²) in [7, 11) is 3.28. The Hall–Kier alpha value is -2.44. The standard InChI is InChI=1S/C24H21FN3O3S4.ClH/c1-4-28-19(12-18-27(8-10-32-18)13-14-7-9-33-20(14)24(30)31-3)35-21(22(28)29)23-26(2)16-6-5-15(25)11-17(16)34-23;/h5-12H,4,13H2,1-3H3;1H/q+1;/p-1/b23-21+;. The van der Waals surface area contributed by atoms with Gasteiger partial charge in [0, 0.05) is 24.1 Å². The van der Waals surface area contributed by atoms with Gasteiger partial charge in [-0.2, -0.15) is 4.57 Å². The second-order valence-electron chi connectivity index (χ2n) is 7.68. The minimum atomic E-state index is -0.338. The van der Waals surface area contributed by atoms with Gasteiger partial charge in [0.2, 0.25) is 0 Å². The lowest BCUT2D eigenvalue weighted by atomic mass is 10.2. The number of ether oxygens (including phenoxy) is 1. The van der Waals surface area contributed by atoms with Crippen LogP contribution < -0.4 is 36.6 Å². The predicted octanol–water partition coefficient (Wildman–Crippen LogP) is 0.455. The van der Waals surface area contributed by atoms with Crippen LogP contribution in [-0.2, 0) is 17.8 Å². The summed E-state index contributed by atoms with van der Waals surface area (Å²) >= 11 is 5.79. The van der Waals surface area contributed by atoms with Crippen LogP contribution in [0.1, 0.15) is 27.2 Å². The Bertz CT molecular complexity index is 1620. The molecule has 4 aromatic rings. The van der Waals surface area contributed by atoms with Crippen LogP contribution in [0.2, 0.25) is 0 Å². The van der Waals surface area contributed by atoms with E-state index in [0.29, 0.717) is 22.5 Å². The van der Waals surface area contributed by atoms with Crippen molar-refractivity contribution in [3.05, 3.63) is 82.0 Å². The number of aromatic nitrogens is 2. The number of nitrogens with zero attached hydrogens (tertiary/aromatic N) is 3. The normalized spacial score (nSPS) is 14.7. The number of halogens is 2.